The summed E-state index contributed by atoms with van der Waals surface area (Å²) in [5.74, 6) is -3.54. The van der Waals surface area contributed by atoms with Crippen LogP contribution in [0.5, 0.6) is 0 Å². The number of carboxylic acids is 2. The minimum Gasteiger partial charge on any atom is 0 e. The van der Waals surface area contributed by atoms with E-state index >= 15 is 0 Å². The molecule has 0 spiro atoms. The summed E-state index contributed by atoms with van der Waals surface area (Å²) in [6.45, 7) is 0. The van der Waals surface area contributed by atoms with Gasteiger partial charge in [0, 0.05) is 17.1 Å². The molecule has 2 unspecified atom stereocenters. The fourth-order valence-corrected chi connectivity index (χ4v) is 0.270. The normalized spacial score (nSPS) is 13.2. The van der Waals surface area contributed by atoms with Crippen LogP contribution in [0.25, 0.3) is 0 Å². The van der Waals surface area contributed by atoms with Crippen LogP contribution in [0.15, 0.2) is 0 Å². The summed E-state index contributed by atoms with van der Waals surface area (Å²) in [6.07, 6.45) is -4.53. The first-order valence-corrected chi connectivity index (χ1v) is 2.28. The van der Waals surface area contributed by atoms with Crippen LogP contribution < -0.4 is 0 Å². The van der Waals surface area contributed by atoms with E-state index in [1.54, 1.807) is 0 Å². The molecule has 0 heterocycles. The zero-order valence-electron chi connectivity index (χ0n) is 5.14. The first kappa shape index (κ1) is 18.7. The van der Waals surface area contributed by atoms with E-state index in [0.29, 0.717) is 0 Å². The number of carboxylic acid groups (broad SMARTS) is 2. The van der Waals surface area contributed by atoms with Crippen molar-refractivity contribution in [3.05, 3.63) is 0 Å². The summed E-state index contributed by atoms with van der Waals surface area (Å²) in [4.78, 5) is 19.5. The number of hydrogen-bond acceptors (Lipinski definition) is 4. The van der Waals surface area contributed by atoms with Gasteiger partial charge in [0.2, 0.25) is 0 Å². The summed E-state index contributed by atoms with van der Waals surface area (Å²) < 4.78 is 0. The van der Waals surface area contributed by atoms with Crippen LogP contribution in [-0.4, -0.2) is 96.0 Å². The zero-order valence-corrected chi connectivity index (χ0v) is 6.32. The predicted molar refractivity (Wildman–Crippen MR) is 34.4 cm³/mol. The van der Waals surface area contributed by atoms with Gasteiger partial charge in [-0.2, -0.15) is 0 Å². The Kier molecular flexibility index (Phi) is 13.4. The molecule has 4 N–H and O–H groups in total. The number of rotatable bonds is 3. The summed E-state index contributed by atoms with van der Waals surface area (Å²) in [5, 5.41) is 32.5. The van der Waals surface area contributed by atoms with Gasteiger partial charge in [-0.1, -0.05) is 0 Å². The van der Waals surface area contributed by atoms with Gasteiger partial charge in [-0.05, 0) is 0 Å². The van der Waals surface area contributed by atoms with E-state index in [4.69, 9.17) is 20.4 Å². The van der Waals surface area contributed by atoms with Gasteiger partial charge in [-0.3, -0.25) is 0 Å². The second-order valence-corrected chi connectivity index (χ2v) is 1.57. The van der Waals surface area contributed by atoms with Crippen LogP contribution in [-0.2, 0) is 26.7 Å². The maximum Gasteiger partial charge on any atom is 0 e. The van der Waals surface area contributed by atoms with Crippen molar-refractivity contribution in [1.82, 2.24) is 0 Å². The molecule has 0 saturated carbocycles. The molecule has 0 bridgehead atoms. The number of aliphatic carboxylic acids is 2. The second kappa shape index (κ2) is 8.61. The average Bonchev–Trinajstić information content (AvgIpc) is 1.84. The maximum absolute atomic E-state index is 9.77. The van der Waals surface area contributed by atoms with Gasteiger partial charge in [-0.25, -0.2) is 9.59 Å². The van der Waals surface area contributed by atoms with Crippen molar-refractivity contribution in [2.24, 2.45) is 0 Å². The minimum atomic E-state index is -2.27. The Balaban J connectivity index is -0.000000405. The molecule has 0 fully saturated rings. The largest absolute Gasteiger partial charge is 0 e. The van der Waals surface area contributed by atoms with Gasteiger partial charge < -0.3 is 20.4 Å². The van der Waals surface area contributed by atoms with Gasteiger partial charge in [0.05, 0.1) is 0 Å². The van der Waals surface area contributed by atoms with Crippen LogP contribution >= 0.6 is 0 Å². The third kappa shape index (κ3) is 6.52. The van der Waals surface area contributed by atoms with E-state index < -0.39 is 24.1 Å². The van der Waals surface area contributed by atoms with Crippen LogP contribution in [0.4, 0.5) is 0 Å². The summed E-state index contributed by atoms with van der Waals surface area (Å²) in [5.41, 5.74) is 0. The van der Waals surface area contributed by atoms with E-state index in [0.717, 1.165) is 0 Å². The SMILES string of the molecule is O=C(O)C(O)C(O)C(=O)O.[KH].[Mn]. The Hall–Kier alpha value is 1.02. The Morgan fingerprint density at radius 2 is 1.08 bits per heavy atom. The molecule has 0 aliphatic rings. The molecule has 0 aliphatic carbocycles. The molecule has 67 valence electrons. The maximum atomic E-state index is 9.77. The molecule has 0 aliphatic heterocycles. The fourth-order valence-electron chi connectivity index (χ4n) is 0.270. The molecule has 0 aromatic heterocycles. The molecule has 0 aromatic carbocycles. The van der Waals surface area contributed by atoms with Gasteiger partial charge in [0.25, 0.3) is 0 Å². The second-order valence-electron chi connectivity index (χ2n) is 1.57. The van der Waals surface area contributed by atoms with Gasteiger partial charge >= 0.3 is 63.3 Å². The molecule has 0 rings (SSSR count). The minimum absolute atomic E-state index is 0. The fraction of sp³-hybridized carbons (Fsp3) is 0.500. The van der Waals surface area contributed by atoms with Gasteiger partial charge in [-0.15, -0.1) is 0 Å². The predicted octanol–water partition coefficient (Wildman–Crippen LogP) is -2.77. The number of aliphatic hydroxyl groups excluding tert-OH is 2. The summed E-state index contributed by atoms with van der Waals surface area (Å²) in [6, 6.07) is 0. The van der Waals surface area contributed by atoms with Crippen LogP contribution in [0.1, 0.15) is 0 Å². The van der Waals surface area contributed by atoms with Crippen molar-refractivity contribution >= 4 is 63.3 Å². The molecule has 2 atom stereocenters. The molecule has 1 radical (unpaired) electrons. The Labute approximate surface area is 121 Å². The van der Waals surface area contributed by atoms with E-state index in [2.05, 4.69) is 0 Å². The summed E-state index contributed by atoms with van der Waals surface area (Å²) in [7, 11) is 0. The van der Waals surface area contributed by atoms with Crippen LogP contribution in [0, 0.1) is 0 Å². The Morgan fingerprint density at radius 3 is 1.17 bits per heavy atom. The molecule has 12 heavy (non-hydrogen) atoms. The van der Waals surface area contributed by atoms with E-state index in [9.17, 15) is 9.59 Å². The molecular weight excluding hydrogens is 238 g/mol. The van der Waals surface area contributed by atoms with Crippen molar-refractivity contribution in [2.45, 2.75) is 12.2 Å². The first-order chi connectivity index (χ1) is 4.46. The van der Waals surface area contributed by atoms with E-state index in [-0.39, 0.29) is 68.5 Å². The van der Waals surface area contributed by atoms with Crippen molar-refractivity contribution in [2.75, 3.05) is 0 Å². The molecule has 6 nitrogen and oxygen atoms in total. The van der Waals surface area contributed by atoms with Gasteiger partial charge in [0.1, 0.15) is 0 Å². The van der Waals surface area contributed by atoms with E-state index in [1.807, 2.05) is 0 Å². The summed E-state index contributed by atoms with van der Waals surface area (Å²) >= 11 is 0. The topological polar surface area (TPSA) is 115 Å². The molecular formula is C4H7KMnO6. The van der Waals surface area contributed by atoms with Crippen molar-refractivity contribution in [3.63, 3.8) is 0 Å². The number of carbonyl (C=O) groups is 2. The average molecular weight is 245 g/mol. The van der Waals surface area contributed by atoms with Crippen molar-refractivity contribution in [3.8, 4) is 0 Å². The number of aliphatic hydroxyl groups is 2. The third-order valence-corrected chi connectivity index (χ3v) is 0.805. The first-order valence-electron chi connectivity index (χ1n) is 2.28. The Morgan fingerprint density at radius 1 is 0.917 bits per heavy atom. The molecule has 0 saturated heterocycles. The standard InChI is InChI=1S/C4H6O6.K.Mn.H/c5-1(3(7)8)2(6)4(9)10;;;/h1-2,5-6H,(H,7,8)(H,9,10);;;. The van der Waals surface area contributed by atoms with Crippen molar-refractivity contribution in [1.29, 1.82) is 0 Å². The molecule has 8 heteroatoms. The van der Waals surface area contributed by atoms with Crippen LogP contribution in [0.3, 0.4) is 0 Å². The zero-order chi connectivity index (χ0) is 8.31. The van der Waals surface area contributed by atoms with Crippen LogP contribution in [0.2, 0.25) is 0 Å². The van der Waals surface area contributed by atoms with Gasteiger partial charge in [0.15, 0.2) is 12.2 Å². The Bertz CT molecular complexity index is 144. The quantitative estimate of drug-likeness (QED) is 0.400. The van der Waals surface area contributed by atoms with Crippen molar-refractivity contribution < 1.29 is 47.1 Å². The smallest absolute Gasteiger partial charge is 0 e. The third-order valence-electron chi connectivity index (χ3n) is 0.805. The molecule has 0 amide bonds. The number of hydrogen-bond donors (Lipinski definition) is 4. The van der Waals surface area contributed by atoms with E-state index in [1.165, 1.54) is 0 Å². The molecule has 0 aromatic rings. The monoisotopic (exact) mass is 245 g/mol.